The van der Waals surface area contributed by atoms with Gasteiger partial charge in [-0.25, -0.2) is 19.0 Å². The van der Waals surface area contributed by atoms with E-state index in [0.717, 1.165) is 130 Å². The summed E-state index contributed by atoms with van der Waals surface area (Å²) in [5, 5.41) is 9.64. The van der Waals surface area contributed by atoms with Crippen LogP contribution in [0, 0.1) is 27.7 Å². The number of hydrogen-bond donors (Lipinski definition) is 0. The van der Waals surface area contributed by atoms with Gasteiger partial charge in [0.1, 0.15) is 6.04 Å². The topological polar surface area (TPSA) is 96.9 Å². The molecule has 0 bridgehead atoms. The minimum absolute atomic E-state index is 0.0681. The van der Waals surface area contributed by atoms with Gasteiger partial charge in [-0.05, 0) is 103 Å². The number of amides is 1. The highest BCUT2D eigenvalue weighted by Gasteiger charge is 2.30. The third kappa shape index (κ3) is 13.0. The molecule has 0 N–H and O–H groups in total. The lowest BCUT2D eigenvalue weighted by Gasteiger charge is -2.40. The molecule has 13 heteroatoms. The molecule has 1 amide bonds. The quantitative estimate of drug-likeness (QED) is 0.108. The summed E-state index contributed by atoms with van der Waals surface area (Å²) in [6.07, 6.45) is 12.4. The number of likely N-dealkylation sites (N-methyl/N-ethyl adjacent to an activating group) is 4. The Morgan fingerprint density at radius 3 is 1.52 bits per heavy atom. The first-order valence-electron chi connectivity index (χ1n) is 25.0. The van der Waals surface area contributed by atoms with Crippen molar-refractivity contribution in [3.63, 3.8) is 0 Å². The molecule has 0 saturated carbocycles. The second kappa shape index (κ2) is 23.4. The van der Waals surface area contributed by atoms with Crippen molar-refractivity contribution in [2.45, 2.75) is 79.3 Å². The van der Waals surface area contributed by atoms with E-state index in [9.17, 15) is 4.79 Å². The molecule has 2 saturated heterocycles. The highest BCUT2D eigenvalue weighted by atomic mass is 16.2. The van der Waals surface area contributed by atoms with Crippen LogP contribution in [0.15, 0.2) is 72.8 Å². The molecule has 4 aromatic heterocycles. The van der Waals surface area contributed by atoms with Gasteiger partial charge in [0.25, 0.3) is 0 Å². The Morgan fingerprint density at radius 2 is 1.09 bits per heavy atom. The highest BCUT2D eigenvalue weighted by molar-refractivity contribution is 5.81. The van der Waals surface area contributed by atoms with Crippen molar-refractivity contribution >= 4 is 29.4 Å². The number of aryl methyl sites for hydroxylation is 6. The van der Waals surface area contributed by atoms with Crippen LogP contribution in [0.5, 0.6) is 0 Å². The van der Waals surface area contributed by atoms with E-state index in [-0.39, 0.29) is 11.9 Å². The minimum atomic E-state index is -0.0681. The Balaban J connectivity index is 0.000000204. The molecule has 2 aliphatic heterocycles. The Bertz CT molecular complexity index is 2710. The van der Waals surface area contributed by atoms with E-state index >= 15 is 0 Å². The largest absolute Gasteiger partial charge is 0.347 e. The van der Waals surface area contributed by atoms with Crippen LogP contribution in [0.1, 0.15) is 81.4 Å². The fraction of sp³-hybridized carbons (Fsp3) is 0.482. The number of aromatic nitrogens is 6. The normalized spacial score (nSPS) is 17.8. The fourth-order valence-electron chi connectivity index (χ4n) is 9.78. The number of rotatable bonds is 15. The van der Waals surface area contributed by atoms with Gasteiger partial charge in [-0.3, -0.25) is 24.4 Å². The average Bonchev–Trinajstić information content (AvgIpc) is 3.86. The molecule has 0 unspecified atom stereocenters. The number of benzene rings is 2. The maximum Gasteiger partial charge on any atom is 0.240 e. The Kier molecular flexibility index (Phi) is 17.4. The van der Waals surface area contributed by atoms with E-state index in [1.165, 1.54) is 33.4 Å². The van der Waals surface area contributed by atoms with Crippen molar-refractivity contribution in [2.24, 2.45) is 0 Å². The first kappa shape index (κ1) is 51.3. The van der Waals surface area contributed by atoms with Gasteiger partial charge in [0, 0.05) is 126 Å². The maximum atomic E-state index is 12.5. The van der Waals surface area contributed by atoms with Crippen molar-refractivity contribution in [1.82, 2.24) is 58.6 Å². The smallest absolute Gasteiger partial charge is 0.240 e. The molecule has 0 radical (unpaired) electrons. The van der Waals surface area contributed by atoms with Gasteiger partial charge < -0.3 is 9.80 Å². The van der Waals surface area contributed by atoms with E-state index < -0.39 is 0 Å². The zero-order valence-electron chi connectivity index (χ0n) is 43.7. The standard InChI is InChI=1S/C28H38N6O.C28H40N6/c1-7-25-24(27-29-20(2)17-21(3)34(27)30-25)18-23-12-10-22(11-13-23)9-8-14-33-16-15-32(6)26(19-33)28(35)31(4)5;1-7-27-26(28-29-21(2)17-22(3)34(28)30-27)18-24-12-10-23(11-13-24)9-8-14-33-16-15-32(6)25(20-33)19-31(4)5/h8-13,17,26H,7,14-16,18-19H2,1-6H3;8-13,17,25H,7,14-16,18-20H2,1-6H3/b2*9-8+/t26-;25-/m10/s1. The number of piperazine rings is 2. The van der Waals surface area contributed by atoms with Gasteiger partial charge in [0.2, 0.25) is 5.91 Å². The molecular weight excluding hydrogens is 857 g/mol. The molecule has 6 aromatic rings. The van der Waals surface area contributed by atoms with Gasteiger partial charge in [-0.1, -0.05) is 86.7 Å². The first-order valence-corrected chi connectivity index (χ1v) is 25.0. The maximum absolute atomic E-state index is 12.5. The molecule has 6 heterocycles. The van der Waals surface area contributed by atoms with Crippen molar-refractivity contribution in [1.29, 1.82) is 0 Å². The summed E-state index contributed by atoms with van der Waals surface area (Å²) in [6, 6.07) is 22.4. The summed E-state index contributed by atoms with van der Waals surface area (Å²) in [4.78, 5) is 35.6. The predicted molar refractivity (Wildman–Crippen MR) is 283 cm³/mol. The van der Waals surface area contributed by atoms with Crippen LogP contribution >= 0.6 is 0 Å². The molecule has 2 aliphatic rings. The third-order valence-electron chi connectivity index (χ3n) is 13.8. The summed E-state index contributed by atoms with van der Waals surface area (Å²) in [6.45, 7) is 21.6. The number of carbonyl (C=O) groups is 1. The molecule has 2 atom stereocenters. The van der Waals surface area contributed by atoms with Crippen molar-refractivity contribution in [3.05, 3.63) is 140 Å². The van der Waals surface area contributed by atoms with Crippen LogP contribution in [0.2, 0.25) is 0 Å². The Hall–Kier alpha value is -5.57. The third-order valence-corrected chi connectivity index (χ3v) is 13.8. The molecule has 0 aliphatic carbocycles. The fourth-order valence-corrected chi connectivity index (χ4v) is 9.78. The molecule has 2 fully saturated rings. The van der Waals surface area contributed by atoms with E-state index in [2.05, 4.69) is 165 Å². The van der Waals surface area contributed by atoms with Crippen LogP contribution in [0.25, 0.3) is 23.4 Å². The van der Waals surface area contributed by atoms with E-state index in [0.29, 0.717) is 6.04 Å². The van der Waals surface area contributed by atoms with Crippen molar-refractivity contribution in [3.8, 4) is 0 Å². The summed E-state index contributed by atoms with van der Waals surface area (Å²) in [5.74, 6) is 0.176. The number of carbonyl (C=O) groups excluding carboxylic acids is 1. The second-order valence-electron chi connectivity index (χ2n) is 19.9. The molecule has 0 spiro atoms. The Labute approximate surface area is 412 Å². The lowest BCUT2D eigenvalue weighted by atomic mass is 10.0. The zero-order chi connectivity index (χ0) is 49.4. The molecule has 368 valence electrons. The van der Waals surface area contributed by atoms with E-state index in [4.69, 9.17) is 20.2 Å². The molecule has 8 rings (SSSR count). The van der Waals surface area contributed by atoms with Crippen LogP contribution < -0.4 is 0 Å². The summed E-state index contributed by atoms with van der Waals surface area (Å²) >= 11 is 0. The van der Waals surface area contributed by atoms with Crippen LogP contribution in [-0.4, -0.2) is 178 Å². The number of fused-ring (bicyclic) bond motifs is 2. The zero-order valence-corrected chi connectivity index (χ0v) is 43.7. The Morgan fingerprint density at radius 1 is 0.638 bits per heavy atom. The minimum Gasteiger partial charge on any atom is -0.347 e. The predicted octanol–water partition coefficient (Wildman–Crippen LogP) is 6.91. The molecule has 2 aromatic carbocycles. The summed E-state index contributed by atoms with van der Waals surface area (Å²) in [5.41, 5.74) is 16.0. The van der Waals surface area contributed by atoms with Crippen molar-refractivity contribution in [2.75, 3.05) is 101 Å². The van der Waals surface area contributed by atoms with Gasteiger partial charge in [0.05, 0.1) is 11.4 Å². The second-order valence-corrected chi connectivity index (χ2v) is 19.9. The molecule has 69 heavy (non-hydrogen) atoms. The SMILES string of the molecule is CCc1nn2c(C)cc(C)nc2c1Cc1ccc(/C=C/CN2CCN(C)[C@@H](C(=O)N(C)C)C2)cc1.CCc1nn2c(C)cc(C)nc2c1Cc1ccc(/C=C/CN2CCN(C)[C@@H](CN(C)C)C2)cc1. The average molecular weight is 935 g/mol. The molecular formula is C56H78N12O. The highest BCUT2D eigenvalue weighted by Crippen LogP contribution is 2.24. The first-order chi connectivity index (χ1) is 33.1. The van der Waals surface area contributed by atoms with Crippen LogP contribution in [-0.2, 0) is 30.5 Å². The van der Waals surface area contributed by atoms with Gasteiger partial charge in [-0.2, -0.15) is 10.2 Å². The van der Waals surface area contributed by atoms with Gasteiger partial charge in [0.15, 0.2) is 11.3 Å². The monoisotopic (exact) mass is 935 g/mol. The van der Waals surface area contributed by atoms with E-state index in [1.54, 1.807) is 4.90 Å². The lowest BCUT2D eigenvalue weighted by Crippen LogP contribution is -2.57. The summed E-state index contributed by atoms with van der Waals surface area (Å²) in [7, 11) is 12.3. The number of nitrogens with zero attached hydrogens (tertiary/aromatic N) is 12. The van der Waals surface area contributed by atoms with Gasteiger partial charge in [-0.15, -0.1) is 0 Å². The number of hydrogen-bond acceptors (Lipinski definition) is 10. The van der Waals surface area contributed by atoms with E-state index in [1.807, 2.05) is 37.1 Å². The van der Waals surface area contributed by atoms with Gasteiger partial charge >= 0.3 is 0 Å². The van der Waals surface area contributed by atoms with Crippen LogP contribution in [0.3, 0.4) is 0 Å². The summed E-state index contributed by atoms with van der Waals surface area (Å²) < 4.78 is 3.98. The molecule has 13 nitrogen and oxygen atoms in total. The van der Waals surface area contributed by atoms with Crippen molar-refractivity contribution < 1.29 is 4.79 Å². The lowest BCUT2D eigenvalue weighted by molar-refractivity contribution is -0.136. The van der Waals surface area contributed by atoms with Crippen LogP contribution in [0.4, 0.5) is 0 Å².